The Labute approximate surface area is 106 Å². The first-order valence-corrected chi connectivity index (χ1v) is 6.07. The molecule has 5 heteroatoms. The fraction of sp³-hybridized carbons (Fsp3) is 0.538. The summed E-state index contributed by atoms with van der Waals surface area (Å²) in [5, 5.41) is 9.28. The third-order valence-electron chi connectivity index (χ3n) is 3.15. The lowest BCUT2D eigenvalue weighted by Crippen LogP contribution is -2.50. The van der Waals surface area contributed by atoms with Crippen LogP contribution < -0.4 is 0 Å². The van der Waals surface area contributed by atoms with Gasteiger partial charge in [0, 0.05) is 12.2 Å². The van der Waals surface area contributed by atoms with Gasteiger partial charge in [0.1, 0.15) is 0 Å². The molecule has 98 valence electrons. The number of morpholine rings is 1. The van der Waals surface area contributed by atoms with Gasteiger partial charge in [0.15, 0.2) is 0 Å². The number of pyridine rings is 1. The highest BCUT2D eigenvalue weighted by atomic mass is 16.5. The van der Waals surface area contributed by atoms with Crippen LogP contribution in [0.3, 0.4) is 0 Å². The van der Waals surface area contributed by atoms with Crippen LogP contribution in [0.25, 0.3) is 0 Å². The molecule has 0 spiro atoms. The van der Waals surface area contributed by atoms with Gasteiger partial charge in [0.05, 0.1) is 37.1 Å². The van der Waals surface area contributed by atoms with Crippen LogP contribution in [0.4, 0.5) is 0 Å². The fourth-order valence-electron chi connectivity index (χ4n) is 2.14. The van der Waals surface area contributed by atoms with E-state index in [-0.39, 0.29) is 18.6 Å². The molecule has 1 aromatic heterocycles. The summed E-state index contributed by atoms with van der Waals surface area (Å²) in [5.74, 6) is -0.0812. The van der Waals surface area contributed by atoms with Gasteiger partial charge >= 0.3 is 0 Å². The smallest absolute Gasteiger partial charge is 0.256 e. The first-order chi connectivity index (χ1) is 8.63. The van der Waals surface area contributed by atoms with Crippen molar-refractivity contribution < 1.29 is 14.6 Å². The molecule has 1 aliphatic heterocycles. The third kappa shape index (κ3) is 2.52. The van der Waals surface area contributed by atoms with Crippen LogP contribution >= 0.6 is 0 Å². The summed E-state index contributed by atoms with van der Waals surface area (Å²) in [6.07, 6.45) is 0. The van der Waals surface area contributed by atoms with E-state index in [1.165, 1.54) is 0 Å². The monoisotopic (exact) mass is 250 g/mol. The second-order valence-corrected chi connectivity index (χ2v) is 4.50. The molecule has 0 aliphatic carbocycles. The van der Waals surface area contributed by atoms with Crippen molar-refractivity contribution in [3.63, 3.8) is 0 Å². The van der Waals surface area contributed by atoms with Gasteiger partial charge in [-0.25, -0.2) is 0 Å². The lowest BCUT2D eigenvalue weighted by atomic mass is 10.1. The number of rotatable bonds is 2. The van der Waals surface area contributed by atoms with E-state index in [1.807, 2.05) is 19.9 Å². The molecule has 0 saturated carbocycles. The molecule has 1 aliphatic rings. The van der Waals surface area contributed by atoms with Crippen molar-refractivity contribution in [2.24, 2.45) is 0 Å². The predicted octanol–water partition coefficient (Wildman–Crippen LogP) is 0.532. The number of carbonyl (C=O) groups is 1. The number of amides is 1. The number of nitrogens with zero attached hydrogens (tertiary/aromatic N) is 2. The molecule has 18 heavy (non-hydrogen) atoms. The van der Waals surface area contributed by atoms with Crippen LogP contribution in [0.15, 0.2) is 12.1 Å². The zero-order valence-corrected chi connectivity index (χ0v) is 10.7. The Morgan fingerprint density at radius 1 is 1.56 bits per heavy atom. The highest BCUT2D eigenvalue weighted by Crippen LogP contribution is 2.14. The van der Waals surface area contributed by atoms with E-state index in [4.69, 9.17) is 4.74 Å². The van der Waals surface area contributed by atoms with Crippen LogP contribution in [0.1, 0.15) is 21.7 Å². The topological polar surface area (TPSA) is 62.7 Å². The van der Waals surface area contributed by atoms with Gasteiger partial charge in [-0.15, -0.1) is 0 Å². The molecule has 1 fully saturated rings. The largest absolute Gasteiger partial charge is 0.394 e. The molecule has 1 atom stereocenters. The molecule has 1 N–H and O–H groups in total. The van der Waals surface area contributed by atoms with Crippen molar-refractivity contribution in [2.45, 2.75) is 19.9 Å². The van der Waals surface area contributed by atoms with Crippen LogP contribution in [0.5, 0.6) is 0 Å². The summed E-state index contributed by atoms with van der Waals surface area (Å²) in [6, 6.07) is 3.37. The summed E-state index contributed by atoms with van der Waals surface area (Å²) in [6.45, 7) is 5.06. The van der Waals surface area contributed by atoms with Crippen LogP contribution in [-0.4, -0.2) is 53.3 Å². The fourth-order valence-corrected chi connectivity index (χ4v) is 2.14. The molecule has 1 saturated heterocycles. The number of aliphatic hydroxyl groups is 1. The van der Waals surface area contributed by atoms with Gasteiger partial charge in [0.2, 0.25) is 0 Å². The van der Waals surface area contributed by atoms with Crippen molar-refractivity contribution in [3.05, 3.63) is 29.1 Å². The molecule has 1 amide bonds. The molecule has 0 unspecified atom stereocenters. The second kappa shape index (κ2) is 5.46. The van der Waals surface area contributed by atoms with E-state index in [0.29, 0.717) is 25.3 Å². The van der Waals surface area contributed by atoms with Gasteiger partial charge < -0.3 is 14.7 Å². The minimum Gasteiger partial charge on any atom is -0.394 e. The van der Waals surface area contributed by atoms with E-state index in [1.54, 1.807) is 11.0 Å². The normalized spacial score (nSPS) is 19.9. The standard InChI is InChI=1S/C13H18N2O3/c1-9-3-4-12(10(2)14-9)13(17)15-5-6-18-8-11(15)7-16/h3-4,11,16H,5-8H2,1-2H3/t11-/m0/s1. The highest BCUT2D eigenvalue weighted by molar-refractivity contribution is 5.95. The lowest BCUT2D eigenvalue weighted by Gasteiger charge is -2.34. The van der Waals surface area contributed by atoms with Crippen LogP contribution in [0.2, 0.25) is 0 Å². The van der Waals surface area contributed by atoms with E-state index in [9.17, 15) is 9.90 Å². The Bertz CT molecular complexity index is 448. The molecular weight excluding hydrogens is 232 g/mol. The Balaban J connectivity index is 2.24. The van der Waals surface area contributed by atoms with Gasteiger partial charge in [-0.3, -0.25) is 9.78 Å². The summed E-state index contributed by atoms with van der Waals surface area (Å²) < 4.78 is 5.27. The molecule has 2 rings (SSSR count). The van der Waals surface area contributed by atoms with Crippen molar-refractivity contribution in [1.82, 2.24) is 9.88 Å². The Kier molecular flexibility index (Phi) is 3.93. The Morgan fingerprint density at radius 3 is 3.00 bits per heavy atom. The van der Waals surface area contributed by atoms with Crippen LogP contribution in [0, 0.1) is 13.8 Å². The van der Waals surface area contributed by atoms with Gasteiger partial charge in [-0.2, -0.15) is 0 Å². The van der Waals surface area contributed by atoms with Crippen molar-refractivity contribution in [3.8, 4) is 0 Å². The highest BCUT2D eigenvalue weighted by Gasteiger charge is 2.28. The van der Waals surface area contributed by atoms with Gasteiger partial charge in [-0.1, -0.05) is 0 Å². The molecule has 1 aromatic rings. The SMILES string of the molecule is Cc1ccc(C(=O)N2CCOC[C@@H]2CO)c(C)n1. The average Bonchev–Trinajstić information content (AvgIpc) is 2.38. The number of carbonyl (C=O) groups excluding carboxylic acids is 1. The first kappa shape index (κ1) is 13.0. The molecular formula is C13H18N2O3. The Hall–Kier alpha value is -1.46. The lowest BCUT2D eigenvalue weighted by molar-refractivity contribution is -0.0184. The maximum absolute atomic E-state index is 12.4. The summed E-state index contributed by atoms with van der Waals surface area (Å²) in [4.78, 5) is 18.4. The third-order valence-corrected chi connectivity index (χ3v) is 3.15. The molecule has 0 bridgehead atoms. The van der Waals surface area contributed by atoms with Gasteiger partial charge in [-0.05, 0) is 26.0 Å². The Morgan fingerprint density at radius 2 is 2.33 bits per heavy atom. The summed E-state index contributed by atoms with van der Waals surface area (Å²) in [7, 11) is 0. The number of hydrogen-bond acceptors (Lipinski definition) is 4. The van der Waals surface area contributed by atoms with E-state index in [0.717, 1.165) is 11.4 Å². The summed E-state index contributed by atoms with van der Waals surface area (Å²) in [5.41, 5.74) is 2.22. The first-order valence-electron chi connectivity index (χ1n) is 6.07. The zero-order chi connectivity index (χ0) is 13.1. The molecule has 2 heterocycles. The quantitative estimate of drug-likeness (QED) is 0.831. The van der Waals surface area contributed by atoms with Gasteiger partial charge in [0.25, 0.3) is 5.91 Å². The molecule has 0 radical (unpaired) electrons. The minimum atomic E-state index is -0.257. The number of aliphatic hydroxyl groups excluding tert-OH is 1. The maximum atomic E-state index is 12.4. The predicted molar refractivity (Wildman–Crippen MR) is 66.4 cm³/mol. The number of hydrogen-bond donors (Lipinski definition) is 1. The van der Waals surface area contributed by atoms with Crippen molar-refractivity contribution in [2.75, 3.05) is 26.4 Å². The maximum Gasteiger partial charge on any atom is 0.256 e. The minimum absolute atomic E-state index is 0.0793. The van der Waals surface area contributed by atoms with Crippen molar-refractivity contribution in [1.29, 1.82) is 0 Å². The molecule has 5 nitrogen and oxygen atoms in total. The number of aryl methyl sites for hydroxylation is 2. The summed E-state index contributed by atoms with van der Waals surface area (Å²) >= 11 is 0. The number of aromatic nitrogens is 1. The van der Waals surface area contributed by atoms with E-state index in [2.05, 4.69) is 4.98 Å². The van der Waals surface area contributed by atoms with E-state index >= 15 is 0 Å². The zero-order valence-electron chi connectivity index (χ0n) is 10.7. The average molecular weight is 250 g/mol. The van der Waals surface area contributed by atoms with Crippen LogP contribution in [-0.2, 0) is 4.74 Å². The van der Waals surface area contributed by atoms with Crippen molar-refractivity contribution >= 4 is 5.91 Å². The second-order valence-electron chi connectivity index (χ2n) is 4.50. The number of ether oxygens (including phenoxy) is 1. The molecule has 0 aromatic carbocycles. The van der Waals surface area contributed by atoms with E-state index < -0.39 is 0 Å².